The molecule has 0 aliphatic heterocycles. The molecule has 0 aromatic heterocycles. The molecular weight excluding hydrogens is 439 g/mol. The van der Waals surface area contributed by atoms with E-state index in [4.69, 9.17) is 14.3 Å². The maximum absolute atomic E-state index is 9.75. The van der Waals surface area contributed by atoms with Crippen molar-refractivity contribution in [3.8, 4) is 5.75 Å². The summed E-state index contributed by atoms with van der Waals surface area (Å²) in [6.45, 7) is 1.03. The third-order valence-corrected chi connectivity index (χ3v) is 5.67. The highest BCUT2D eigenvalue weighted by Gasteiger charge is 2.40. The summed E-state index contributed by atoms with van der Waals surface area (Å²) < 4.78 is 10.5. The highest BCUT2D eigenvalue weighted by atomic mass is 31.2. The van der Waals surface area contributed by atoms with Crippen molar-refractivity contribution in [2.45, 2.75) is 18.4 Å². The first-order valence-electron chi connectivity index (χ1n) is 10.8. The van der Waals surface area contributed by atoms with Gasteiger partial charge in [0.15, 0.2) is 5.60 Å². The summed E-state index contributed by atoms with van der Waals surface area (Å²) in [4.78, 5) is 26.2. The Hall–Kier alpha value is -2.35. The number of hydroxylamine groups is 1. The van der Waals surface area contributed by atoms with Crippen LogP contribution in [-0.2, 0) is 15.2 Å². The summed E-state index contributed by atoms with van der Waals surface area (Å²) in [6.07, 6.45) is 1.53. The predicted molar refractivity (Wildman–Crippen MR) is 129 cm³/mol. The first-order chi connectivity index (χ1) is 16.1. The average molecular weight is 471 g/mol. The topological polar surface area (TPSA) is 83.4 Å². The summed E-state index contributed by atoms with van der Waals surface area (Å²) >= 11 is 0. The number of nitrogens with one attached hydrogen (secondary N) is 1. The summed E-state index contributed by atoms with van der Waals surface area (Å²) in [6, 6.07) is 27.4. The first kappa shape index (κ1) is 25.3. The van der Waals surface area contributed by atoms with Crippen LogP contribution in [0.2, 0.25) is 0 Å². The second-order valence-corrected chi connectivity index (χ2v) is 8.20. The van der Waals surface area contributed by atoms with Gasteiger partial charge in [-0.25, -0.2) is 0 Å². The molecule has 0 fully saturated rings. The monoisotopic (exact) mass is 470 g/mol. The molecular formula is C25H31N2O5P. The van der Waals surface area contributed by atoms with Gasteiger partial charge in [0.25, 0.3) is 8.53 Å². The number of ether oxygens (including phenoxy) is 2. The van der Waals surface area contributed by atoms with E-state index in [0.29, 0.717) is 13.2 Å². The molecule has 8 heteroatoms. The van der Waals surface area contributed by atoms with E-state index in [2.05, 4.69) is 5.20 Å². The molecule has 7 nitrogen and oxygen atoms in total. The van der Waals surface area contributed by atoms with E-state index >= 15 is 0 Å². The molecule has 3 aromatic rings. The Balaban J connectivity index is 2.12. The van der Waals surface area contributed by atoms with E-state index in [9.17, 15) is 9.79 Å². The van der Waals surface area contributed by atoms with Crippen LogP contribution in [0.5, 0.6) is 5.75 Å². The lowest BCUT2D eigenvalue weighted by molar-refractivity contribution is -0.240. The fraction of sp³-hybridized carbons (Fsp3) is 0.280. The van der Waals surface area contributed by atoms with Crippen molar-refractivity contribution in [1.82, 2.24) is 10.4 Å². The van der Waals surface area contributed by atoms with Crippen LogP contribution >= 0.6 is 8.53 Å². The lowest BCUT2D eigenvalue weighted by atomic mass is 9.80. The summed E-state index contributed by atoms with van der Waals surface area (Å²) in [5.41, 5.74) is 1.59. The van der Waals surface area contributed by atoms with E-state index in [-0.39, 0.29) is 0 Å². The fourth-order valence-electron chi connectivity index (χ4n) is 3.71. The van der Waals surface area contributed by atoms with Gasteiger partial charge in [-0.05, 0) is 41.7 Å². The molecule has 0 aliphatic rings. The highest BCUT2D eigenvalue weighted by molar-refractivity contribution is 7.42. The molecule has 0 saturated heterocycles. The Morgan fingerprint density at radius 3 is 1.82 bits per heavy atom. The zero-order chi connectivity index (χ0) is 23.5. The van der Waals surface area contributed by atoms with Crippen LogP contribution in [0.1, 0.15) is 29.5 Å². The number of benzene rings is 3. The standard InChI is InChI=1S/C25H31N2O5P/c1-30-20-10-9-19-27(26-33(28)29)32-25(21-11-5-3-6-12-21,22-13-7-4-8-14-22)23-15-17-24(31-2)18-16-23/h3-8,11-18,26,28-29H,9-10,19-20H2,1-2H3. The van der Waals surface area contributed by atoms with E-state index in [1.54, 1.807) is 14.2 Å². The molecule has 176 valence electrons. The summed E-state index contributed by atoms with van der Waals surface area (Å²) in [5.74, 6) is 0.734. The van der Waals surface area contributed by atoms with Crippen LogP contribution in [0.4, 0.5) is 0 Å². The lowest BCUT2D eigenvalue weighted by Gasteiger charge is -2.39. The zero-order valence-corrected chi connectivity index (χ0v) is 19.8. The van der Waals surface area contributed by atoms with Gasteiger partial charge >= 0.3 is 0 Å². The number of nitrogens with zero attached hydrogens (tertiary/aromatic N) is 1. The smallest absolute Gasteiger partial charge is 0.266 e. The molecule has 3 aromatic carbocycles. The molecule has 0 unspecified atom stereocenters. The van der Waals surface area contributed by atoms with Crippen LogP contribution in [0, 0.1) is 0 Å². The molecule has 0 spiro atoms. The summed E-state index contributed by atoms with van der Waals surface area (Å²) in [7, 11) is 0.856. The van der Waals surface area contributed by atoms with Crippen molar-refractivity contribution < 1.29 is 24.1 Å². The first-order valence-corrected chi connectivity index (χ1v) is 12.0. The van der Waals surface area contributed by atoms with Crippen LogP contribution in [0.25, 0.3) is 0 Å². The van der Waals surface area contributed by atoms with Crippen molar-refractivity contribution in [2.24, 2.45) is 0 Å². The molecule has 3 rings (SSSR count). The highest BCUT2D eigenvalue weighted by Crippen LogP contribution is 2.42. The minimum Gasteiger partial charge on any atom is -0.497 e. The Kier molecular flexibility index (Phi) is 9.78. The van der Waals surface area contributed by atoms with Gasteiger partial charge in [-0.2, -0.15) is 5.20 Å². The Morgan fingerprint density at radius 1 is 0.788 bits per heavy atom. The molecule has 0 aliphatic carbocycles. The molecule has 33 heavy (non-hydrogen) atoms. The zero-order valence-electron chi connectivity index (χ0n) is 18.9. The van der Waals surface area contributed by atoms with Gasteiger partial charge in [0.05, 0.1) is 7.11 Å². The Bertz CT molecular complexity index is 903. The van der Waals surface area contributed by atoms with E-state index in [1.807, 2.05) is 84.9 Å². The number of hydrogen-bond acceptors (Lipinski definition) is 7. The van der Waals surface area contributed by atoms with Crippen molar-refractivity contribution in [1.29, 1.82) is 0 Å². The number of hydrogen-bond donors (Lipinski definition) is 3. The molecule has 0 bridgehead atoms. The van der Waals surface area contributed by atoms with Crippen molar-refractivity contribution in [3.63, 3.8) is 0 Å². The van der Waals surface area contributed by atoms with E-state index in [0.717, 1.165) is 35.3 Å². The van der Waals surface area contributed by atoms with Crippen LogP contribution in [0.3, 0.4) is 0 Å². The largest absolute Gasteiger partial charge is 0.497 e. The fourth-order valence-corrected chi connectivity index (χ4v) is 4.05. The molecule has 0 saturated carbocycles. The second-order valence-electron chi connectivity index (χ2n) is 7.42. The summed E-state index contributed by atoms with van der Waals surface area (Å²) in [5, 5.41) is 4.09. The molecule has 0 amide bonds. The van der Waals surface area contributed by atoms with Crippen LogP contribution in [0.15, 0.2) is 84.9 Å². The normalized spacial score (nSPS) is 11.8. The average Bonchev–Trinajstić information content (AvgIpc) is 2.86. The predicted octanol–water partition coefficient (Wildman–Crippen LogP) is 4.36. The Labute approximate surface area is 196 Å². The van der Waals surface area contributed by atoms with Gasteiger partial charge in [0.2, 0.25) is 0 Å². The van der Waals surface area contributed by atoms with Gasteiger partial charge in [0, 0.05) is 20.3 Å². The number of unbranched alkanes of at least 4 members (excludes halogenated alkanes) is 1. The third-order valence-electron chi connectivity index (χ3n) is 5.26. The minimum absolute atomic E-state index is 0.418. The van der Waals surface area contributed by atoms with Gasteiger partial charge < -0.3 is 19.3 Å². The van der Waals surface area contributed by atoms with Crippen LogP contribution in [-0.4, -0.2) is 42.3 Å². The van der Waals surface area contributed by atoms with Gasteiger partial charge in [-0.3, -0.25) is 4.84 Å². The quantitative estimate of drug-likeness (QED) is 0.148. The van der Waals surface area contributed by atoms with Crippen molar-refractivity contribution in [2.75, 3.05) is 27.4 Å². The molecule has 3 N–H and O–H groups in total. The van der Waals surface area contributed by atoms with Gasteiger partial charge in [-0.1, -0.05) is 72.8 Å². The molecule has 0 heterocycles. The maximum Gasteiger partial charge on any atom is 0.266 e. The SMILES string of the molecule is COCCCCN(NP(O)O)OC(c1ccccc1)(c1ccccc1)c1ccc(OC)cc1. The van der Waals surface area contributed by atoms with Crippen molar-refractivity contribution in [3.05, 3.63) is 102 Å². The van der Waals surface area contributed by atoms with Gasteiger partial charge in [-0.15, -0.1) is 5.17 Å². The number of hydrazine groups is 1. The van der Waals surface area contributed by atoms with Crippen molar-refractivity contribution >= 4 is 8.53 Å². The van der Waals surface area contributed by atoms with E-state index < -0.39 is 14.1 Å². The van der Waals surface area contributed by atoms with Gasteiger partial charge in [0.1, 0.15) is 5.75 Å². The third kappa shape index (κ3) is 6.59. The lowest BCUT2D eigenvalue weighted by Crippen LogP contribution is -2.45. The maximum atomic E-state index is 9.75. The molecule has 0 atom stereocenters. The number of methoxy groups -OCH3 is 2. The second kappa shape index (κ2) is 12.8. The van der Waals surface area contributed by atoms with E-state index in [1.165, 1.54) is 5.17 Å². The Morgan fingerprint density at radius 2 is 1.33 bits per heavy atom. The molecule has 0 radical (unpaired) electrons. The number of rotatable bonds is 13. The van der Waals surface area contributed by atoms with Crippen LogP contribution < -0.4 is 9.93 Å². The minimum atomic E-state index is -2.43.